The van der Waals surface area contributed by atoms with Gasteiger partial charge in [0.2, 0.25) is 0 Å². The second-order valence-electron chi connectivity index (χ2n) is 3.23. The molecule has 1 rings (SSSR count). The zero-order chi connectivity index (χ0) is 8.97. The molecule has 1 aliphatic carbocycles. The zero-order valence-electron chi connectivity index (χ0n) is 7.02. The van der Waals surface area contributed by atoms with Crippen molar-refractivity contribution in [2.75, 3.05) is 0 Å². The molecule has 68 valence electrons. The molecule has 0 bridgehead atoms. The molecule has 0 aromatic carbocycles. The molecule has 0 aromatic heterocycles. The molecule has 0 unspecified atom stereocenters. The lowest BCUT2D eigenvalue weighted by Crippen LogP contribution is -2.40. The Morgan fingerprint density at radius 2 is 2.42 bits per heavy atom. The Labute approximate surface area is 72.3 Å². The van der Waals surface area contributed by atoms with Crippen LogP contribution in [-0.2, 0) is 4.79 Å². The van der Waals surface area contributed by atoms with Gasteiger partial charge in [0.05, 0.1) is 12.1 Å². The lowest BCUT2D eigenvalue weighted by atomic mass is 9.88. The van der Waals surface area contributed by atoms with E-state index in [4.69, 9.17) is 5.73 Å². The Morgan fingerprint density at radius 3 is 2.92 bits per heavy atom. The van der Waals surface area contributed by atoms with Gasteiger partial charge in [0.25, 0.3) is 0 Å². The minimum absolute atomic E-state index is 0.0685. The van der Waals surface area contributed by atoms with Crippen molar-refractivity contribution in [1.82, 2.24) is 0 Å². The van der Waals surface area contributed by atoms with Crippen molar-refractivity contribution in [2.45, 2.75) is 31.4 Å². The third kappa shape index (κ3) is 2.16. The van der Waals surface area contributed by atoms with Gasteiger partial charge in [0, 0.05) is 5.92 Å². The minimum atomic E-state index is -0.738. The van der Waals surface area contributed by atoms with Crippen LogP contribution in [0.2, 0.25) is 0 Å². The van der Waals surface area contributed by atoms with Gasteiger partial charge in [-0.05, 0) is 19.3 Å². The van der Waals surface area contributed by atoms with Gasteiger partial charge >= 0.3 is 0 Å². The first-order valence-corrected chi connectivity index (χ1v) is 4.31. The summed E-state index contributed by atoms with van der Waals surface area (Å²) in [6, 6.07) is -0.738. The van der Waals surface area contributed by atoms with E-state index in [1.807, 2.05) is 12.2 Å². The Kier molecular flexibility index (Phi) is 3.44. The first-order valence-electron chi connectivity index (χ1n) is 4.31. The van der Waals surface area contributed by atoms with E-state index in [-0.39, 0.29) is 5.92 Å². The van der Waals surface area contributed by atoms with E-state index < -0.39 is 12.1 Å². The fraction of sp³-hybridized carbons (Fsp3) is 0.667. The highest BCUT2D eigenvalue weighted by Gasteiger charge is 2.23. The summed E-state index contributed by atoms with van der Waals surface area (Å²) < 4.78 is 0. The maximum Gasteiger partial charge on any atom is 0.139 e. The van der Waals surface area contributed by atoms with Crippen LogP contribution in [-0.4, -0.2) is 23.5 Å². The molecule has 0 spiro atoms. The molecule has 0 aromatic rings. The summed E-state index contributed by atoms with van der Waals surface area (Å²) in [5, 5.41) is 9.53. The fourth-order valence-corrected chi connectivity index (χ4v) is 1.49. The number of carbonyl (C=O) groups is 1. The first-order chi connectivity index (χ1) is 5.75. The molecule has 0 radical (unpaired) electrons. The van der Waals surface area contributed by atoms with Gasteiger partial charge in [-0.2, -0.15) is 0 Å². The SMILES string of the molecule is N[C@@H](C=O)[C@@H](O)[C@H]1C=CCCC1. The van der Waals surface area contributed by atoms with E-state index in [9.17, 15) is 9.90 Å². The predicted octanol–water partition coefficient (Wildman–Crippen LogP) is 0.230. The van der Waals surface area contributed by atoms with Crippen molar-refractivity contribution < 1.29 is 9.90 Å². The van der Waals surface area contributed by atoms with Gasteiger partial charge < -0.3 is 15.6 Å². The number of hydrogen-bond donors (Lipinski definition) is 2. The molecule has 3 N–H and O–H groups in total. The van der Waals surface area contributed by atoms with Crippen LogP contribution in [0, 0.1) is 5.92 Å². The van der Waals surface area contributed by atoms with E-state index >= 15 is 0 Å². The van der Waals surface area contributed by atoms with Crippen LogP contribution in [0.25, 0.3) is 0 Å². The predicted molar refractivity (Wildman–Crippen MR) is 46.5 cm³/mol. The van der Waals surface area contributed by atoms with Crippen molar-refractivity contribution in [1.29, 1.82) is 0 Å². The molecule has 3 atom stereocenters. The topological polar surface area (TPSA) is 63.3 Å². The van der Waals surface area contributed by atoms with Gasteiger partial charge in [0.15, 0.2) is 0 Å². The highest BCUT2D eigenvalue weighted by Crippen LogP contribution is 2.21. The van der Waals surface area contributed by atoms with E-state index in [2.05, 4.69) is 0 Å². The number of allylic oxidation sites excluding steroid dienone is 1. The lowest BCUT2D eigenvalue weighted by Gasteiger charge is -2.24. The van der Waals surface area contributed by atoms with Crippen molar-refractivity contribution in [3.05, 3.63) is 12.2 Å². The van der Waals surface area contributed by atoms with Gasteiger partial charge in [-0.25, -0.2) is 0 Å². The molecule has 3 heteroatoms. The largest absolute Gasteiger partial charge is 0.390 e. The third-order valence-corrected chi connectivity index (χ3v) is 2.28. The Morgan fingerprint density at radius 1 is 1.67 bits per heavy atom. The molecule has 0 saturated carbocycles. The van der Waals surface area contributed by atoms with Crippen molar-refractivity contribution >= 4 is 6.29 Å². The third-order valence-electron chi connectivity index (χ3n) is 2.28. The molecular weight excluding hydrogens is 154 g/mol. The quantitative estimate of drug-likeness (QED) is 0.469. The molecule has 0 heterocycles. The van der Waals surface area contributed by atoms with E-state index in [0.29, 0.717) is 6.29 Å². The van der Waals surface area contributed by atoms with Crippen molar-refractivity contribution in [3.8, 4) is 0 Å². The second-order valence-corrected chi connectivity index (χ2v) is 3.23. The normalized spacial score (nSPS) is 28.0. The molecule has 1 aliphatic rings. The Hall–Kier alpha value is -0.670. The molecule has 0 aliphatic heterocycles. The van der Waals surface area contributed by atoms with Crippen LogP contribution in [0.4, 0.5) is 0 Å². The lowest BCUT2D eigenvalue weighted by molar-refractivity contribution is -0.111. The molecule has 0 amide bonds. The average molecular weight is 169 g/mol. The number of aliphatic hydroxyl groups is 1. The molecular formula is C9H15NO2. The number of hydrogen-bond acceptors (Lipinski definition) is 3. The summed E-state index contributed by atoms with van der Waals surface area (Å²) in [6.45, 7) is 0. The second kappa shape index (κ2) is 4.38. The van der Waals surface area contributed by atoms with Crippen LogP contribution in [0.3, 0.4) is 0 Å². The Bertz CT molecular complexity index is 179. The van der Waals surface area contributed by atoms with Gasteiger partial charge in [0.1, 0.15) is 6.29 Å². The van der Waals surface area contributed by atoms with Crippen LogP contribution >= 0.6 is 0 Å². The number of nitrogens with two attached hydrogens (primary N) is 1. The summed E-state index contributed by atoms with van der Waals surface area (Å²) in [5.74, 6) is 0.0685. The highest BCUT2D eigenvalue weighted by molar-refractivity contribution is 5.58. The number of carbonyl (C=O) groups excluding carboxylic acids is 1. The molecule has 0 saturated heterocycles. The summed E-state index contributed by atoms with van der Waals surface area (Å²) in [6.07, 6.45) is 6.96. The van der Waals surface area contributed by atoms with E-state index in [1.165, 1.54) is 0 Å². The molecule has 12 heavy (non-hydrogen) atoms. The first kappa shape index (κ1) is 9.42. The van der Waals surface area contributed by atoms with E-state index in [1.54, 1.807) is 0 Å². The summed E-state index contributed by atoms with van der Waals surface area (Å²) >= 11 is 0. The van der Waals surface area contributed by atoms with Crippen LogP contribution in [0.1, 0.15) is 19.3 Å². The Balaban J connectivity index is 2.50. The molecule has 3 nitrogen and oxygen atoms in total. The van der Waals surface area contributed by atoms with Gasteiger partial charge in [-0.1, -0.05) is 12.2 Å². The number of aliphatic hydroxyl groups excluding tert-OH is 1. The maximum absolute atomic E-state index is 10.3. The maximum atomic E-state index is 10.3. The smallest absolute Gasteiger partial charge is 0.139 e. The number of aldehydes is 1. The average Bonchev–Trinajstić information content (AvgIpc) is 2.17. The molecule has 0 fully saturated rings. The van der Waals surface area contributed by atoms with Gasteiger partial charge in [-0.15, -0.1) is 0 Å². The fourth-order valence-electron chi connectivity index (χ4n) is 1.49. The van der Waals surface area contributed by atoms with Crippen LogP contribution < -0.4 is 5.73 Å². The summed E-state index contributed by atoms with van der Waals surface area (Å²) in [5.41, 5.74) is 5.40. The summed E-state index contributed by atoms with van der Waals surface area (Å²) in [7, 11) is 0. The van der Waals surface area contributed by atoms with Crippen LogP contribution in [0.5, 0.6) is 0 Å². The highest BCUT2D eigenvalue weighted by atomic mass is 16.3. The monoisotopic (exact) mass is 169 g/mol. The summed E-state index contributed by atoms with van der Waals surface area (Å²) in [4.78, 5) is 10.3. The van der Waals surface area contributed by atoms with Crippen molar-refractivity contribution in [2.24, 2.45) is 11.7 Å². The zero-order valence-corrected chi connectivity index (χ0v) is 7.02. The number of rotatable bonds is 3. The minimum Gasteiger partial charge on any atom is -0.390 e. The standard InChI is InChI=1S/C9H15NO2/c10-8(6-11)9(12)7-4-2-1-3-5-7/h2,4,6-9,12H,1,3,5,10H2/t7-,8-,9-/m0/s1. The van der Waals surface area contributed by atoms with Crippen LogP contribution in [0.15, 0.2) is 12.2 Å². The van der Waals surface area contributed by atoms with Gasteiger partial charge in [-0.3, -0.25) is 0 Å². The van der Waals surface area contributed by atoms with E-state index in [0.717, 1.165) is 19.3 Å². The van der Waals surface area contributed by atoms with Crippen molar-refractivity contribution in [3.63, 3.8) is 0 Å².